The van der Waals surface area contributed by atoms with Crippen LogP contribution in [-0.4, -0.2) is 40.6 Å². The van der Waals surface area contributed by atoms with Gasteiger partial charge in [0.2, 0.25) is 0 Å². The number of rotatable bonds is 6. The molecule has 5 nitrogen and oxygen atoms in total. The number of benzene rings is 1. The Morgan fingerprint density at radius 2 is 1.70 bits per heavy atom. The molecule has 4 bridgehead atoms. The molecule has 1 aromatic rings. The molecule has 4 fully saturated rings. The summed E-state index contributed by atoms with van der Waals surface area (Å²) in [4.78, 5) is 26.3. The lowest BCUT2D eigenvalue weighted by molar-refractivity contribution is -0.137. The van der Waals surface area contributed by atoms with Crippen LogP contribution in [0.4, 0.5) is 4.79 Å². The van der Waals surface area contributed by atoms with E-state index in [-0.39, 0.29) is 18.5 Å². The Hall–Kier alpha value is -2.04. The summed E-state index contributed by atoms with van der Waals surface area (Å²) in [5, 5.41) is 12.3. The smallest absolute Gasteiger partial charge is 0.317 e. The molecule has 3 unspecified atom stereocenters. The number of carbonyl (C=O) groups is 2. The van der Waals surface area contributed by atoms with Gasteiger partial charge >= 0.3 is 12.0 Å². The molecule has 2 heterocycles. The molecule has 4 aliphatic rings. The number of amides is 2. The Labute approximate surface area is 161 Å². The van der Waals surface area contributed by atoms with Gasteiger partial charge in [0.1, 0.15) is 0 Å². The summed E-state index contributed by atoms with van der Waals surface area (Å²) >= 11 is 0. The van der Waals surface area contributed by atoms with E-state index in [0.29, 0.717) is 24.8 Å². The Bertz CT molecular complexity index is 663. The summed E-state index contributed by atoms with van der Waals surface area (Å²) in [7, 11) is 0. The topological polar surface area (TPSA) is 69.6 Å². The highest BCUT2D eigenvalue weighted by atomic mass is 16.4. The number of fused-ring (bicyclic) bond motifs is 1. The van der Waals surface area contributed by atoms with Crippen molar-refractivity contribution in [3.63, 3.8) is 0 Å². The lowest BCUT2D eigenvalue weighted by atomic mass is 9.68. The first kappa shape index (κ1) is 18.3. The summed E-state index contributed by atoms with van der Waals surface area (Å²) in [5.41, 5.74) is 1.13. The Kier molecular flexibility index (Phi) is 5.37. The van der Waals surface area contributed by atoms with Gasteiger partial charge in [0.25, 0.3) is 0 Å². The highest BCUT2D eigenvalue weighted by molar-refractivity contribution is 5.75. The minimum atomic E-state index is -0.812. The molecule has 5 rings (SSSR count). The summed E-state index contributed by atoms with van der Waals surface area (Å²) in [5.74, 6) is 1.45. The monoisotopic (exact) mass is 370 g/mol. The predicted octanol–water partition coefficient (Wildman–Crippen LogP) is 3.68. The number of nitrogens with zero attached hydrogens (tertiary/aromatic N) is 1. The first-order valence-corrected chi connectivity index (χ1v) is 10.4. The van der Waals surface area contributed by atoms with Crippen LogP contribution in [0.3, 0.4) is 0 Å². The van der Waals surface area contributed by atoms with E-state index in [0.717, 1.165) is 36.8 Å². The summed E-state index contributed by atoms with van der Waals surface area (Å²) < 4.78 is 0. The van der Waals surface area contributed by atoms with Crippen LogP contribution in [0.25, 0.3) is 0 Å². The molecule has 2 saturated carbocycles. The highest BCUT2D eigenvalue weighted by Gasteiger charge is 2.44. The van der Waals surface area contributed by atoms with Crippen molar-refractivity contribution < 1.29 is 14.7 Å². The molecule has 0 spiro atoms. The fraction of sp³-hybridized carbons (Fsp3) is 0.636. The number of aliphatic carboxylic acids is 1. The second-order valence-electron chi connectivity index (χ2n) is 8.85. The average Bonchev–Trinajstić information content (AvgIpc) is 2.84. The van der Waals surface area contributed by atoms with Crippen molar-refractivity contribution in [3.05, 3.63) is 35.9 Å². The van der Waals surface area contributed by atoms with Gasteiger partial charge in [-0.25, -0.2) is 4.79 Å². The molecular formula is C22H30N2O3. The van der Waals surface area contributed by atoms with Crippen molar-refractivity contribution in [2.24, 2.45) is 17.8 Å². The maximum Gasteiger partial charge on any atom is 0.317 e. The van der Waals surface area contributed by atoms with Crippen molar-refractivity contribution in [2.75, 3.05) is 6.54 Å². The molecular weight excluding hydrogens is 340 g/mol. The van der Waals surface area contributed by atoms with E-state index in [1.807, 2.05) is 30.3 Å². The largest absolute Gasteiger partial charge is 0.481 e. The molecule has 2 aliphatic carbocycles. The predicted molar refractivity (Wildman–Crippen MR) is 103 cm³/mol. The highest BCUT2D eigenvalue weighted by Crippen LogP contribution is 2.47. The maximum atomic E-state index is 13.1. The van der Waals surface area contributed by atoms with Crippen molar-refractivity contribution in [1.82, 2.24) is 10.2 Å². The van der Waals surface area contributed by atoms with Crippen molar-refractivity contribution in [3.8, 4) is 0 Å². The van der Waals surface area contributed by atoms with E-state index in [1.165, 1.54) is 19.3 Å². The molecule has 2 N–H and O–H groups in total. The minimum absolute atomic E-state index is 0.0134. The first-order valence-electron chi connectivity index (χ1n) is 10.4. The lowest BCUT2D eigenvalue weighted by Crippen LogP contribution is -2.50. The zero-order valence-electron chi connectivity index (χ0n) is 15.8. The Morgan fingerprint density at radius 3 is 2.37 bits per heavy atom. The van der Waals surface area contributed by atoms with E-state index < -0.39 is 5.97 Å². The van der Waals surface area contributed by atoms with E-state index >= 15 is 0 Å². The second-order valence-corrected chi connectivity index (χ2v) is 8.85. The normalized spacial score (nSPS) is 30.0. The van der Waals surface area contributed by atoms with Crippen molar-refractivity contribution in [2.45, 2.75) is 63.5 Å². The molecule has 3 atom stereocenters. The number of nitrogens with one attached hydrogen (secondary N) is 1. The molecule has 2 amide bonds. The number of hydrogen-bond donors (Lipinski definition) is 2. The fourth-order valence-corrected chi connectivity index (χ4v) is 5.71. The first-order chi connectivity index (χ1) is 13.1. The van der Waals surface area contributed by atoms with Gasteiger partial charge in [-0.15, -0.1) is 0 Å². The van der Waals surface area contributed by atoms with Gasteiger partial charge in [-0.3, -0.25) is 4.79 Å². The van der Waals surface area contributed by atoms with E-state index in [4.69, 9.17) is 5.11 Å². The molecule has 5 heteroatoms. The second kappa shape index (κ2) is 7.91. The van der Waals surface area contributed by atoms with Gasteiger partial charge < -0.3 is 15.3 Å². The number of carboxylic acid groups (broad SMARTS) is 1. The van der Waals surface area contributed by atoms with E-state index in [9.17, 15) is 9.59 Å². The number of urea groups is 1. The summed E-state index contributed by atoms with van der Waals surface area (Å²) in [6.07, 6.45) is 7.44. The van der Waals surface area contributed by atoms with Crippen LogP contribution >= 0.6 is 0 Å². The van der Waals surface area contributed by atoms with Gasteiger partial charge in [-0.05, 0) is 68.3 Å². The van der Waals surface area contributed by atoms with Crippen LogP contribution < -0.4 is 5.32 Å². The van der Waals surface area contributed by atoms with Gasteiger partial charge in [-0.2, -0.15) is 0 Å². The van der Waals surface area contributed by atoms with Crippen LogP contribution in [0.15, 0.2) is 30.3 Å². The molecule has 2 aliphatic heterocycles. The third-order valence-corrected chi connectivity index (χ3v) is 6.73. The van der Waals surface area contributed by atoms with E-state index in [1.54, 1.807) is 0 Å². The van der Waals surface area contributed by atoms with Gasteiger partial charge in [0, 0.05) is 25.0 Å². The average molecular weight is 370 g/mol. The lowest BCUT2D eigenvalue weighted by Gasteiger charge is -2.39. The summed E-state index contributed by atoms with van der Waals surface area (Å²) in [6.45, 7) is 0.875. The van der Waals surface area contributed by atoms with Crippen LogP contribution in [-0.2, 0) is 11.2 Å². The SMILES string of the molecule is O=C(O)CCC(Cc1ccccc1)NC(=O)N1CC2CC3CC(C2)CC1C3. The van der Waals surface area contributed by atoms with Crippen molar-refractivity contribution >= 4 is 12.0 Å². The number of hydrogen-bond acceptors (Lipinski definition) is 2. The van der Waals surface area contributed by atoms with Crippen molar-refractivity contribution in [1.29, 1.82) is 0 Å². The van der Waals surface area contributed by atoms with E-state index in [2.05, 4.69) is 10.2 Å². The third-order valence-electron chi connectivity index (χ3n) is 6.73. The molecule has 0 aromatic heterocycles. The van der Waals surface area contributed by atoms with Crippen LogP contribution in [0, 0.1) is 17.8 Å². The zero-order chi connectivity index (χ0) is 18.8. The molecule has 146 valence electrons. The van der Waals surface area contributed by atoms with Crippen LogP contribution in [0.1, 0.15) is 50.5 Å². The molecule has 2 saturated heterocycles. The fourth-order valence-electron chi connectivity index (χ4n) is 5.71. The van der Waals surface area contributed by atoms with Crippen LogP contribution in [0.2, 0.25) is 0 Å². The van der Waals surface area contributed by atoms with Gasteiger partial charge in [0.15, 0.2) is 0 Å². The summed E-state index contributed by atoms with van der Waals surface area (Å²) in [6, 6.07) is 10.2. The van der Waals surface area contributed by atoms with Gasteiger partial charge in [0.05, 0.1) is 0 Å². The standard InChI is InChI=1S/C22H30N2O3/c25-21(26)7-6-19(11-15-4-2-1-3-5-15)23-22(27)24-14-18-9-16-8-17(10-18)13-20(24)12-16/h1-5,16-20H,6-14H2,(H,23,27)(H,25,26). The number of carbonyl (C=O) groups excluding carboxylic acids is 1. The van der Waals surface area contributed by atoms with Crippen LogP contribution in [0.5, 0.6) is 0 Å². The molecule has 27 heavy (non-hydrogen) atoms. The molecule has 1 aromatic carbocycles. The minimum Gasteiger partial charge on any atom is -0.481 e. The Balaban J connectivity index is 1.43. The molecule has 0 radical (unpaired) electrons. The zero-order valence-corrected chi connectivity index (χ0v) is 15.8. The maximum absolute atomic E-state index is 13.1. The quantitative estimate of drug-likeness (QED) is 0.802. The van der Waals surface area contributed by atoms with Gasteiger partial charge in [-0.1, -0.05) is 30.3 Å². The Morgan fingerprint density at radius 1 is 1.04 bits per heavy atom. The number of carboxylic acids is 1. The third kappa shape index (κ3) is 4.45.